The van der Waals surface area contributed by atoms with Gasteiger partial charge in [0, 0.05) is 21.7 Å². The second-order valence-corrected chi connectivity index (χ2v) is 7.15. The molecule has 0 aliphatic heterocycles. The molecule has 2 heterocycles. The lowest BCUT2D eigenvalue weighted by Crippen LogP contribution is -1.86. The van der Waals surface area contributed by atoms with Crippen LogP contribution in [0.1, 0.15) is 5.56 Å². The molecule has 0 bridgehead atoms. The number of fused-ring (bicyclic) bond motifs is 1. The number of hydrogen-bond donors (Lipinski definition) is 0. The van der Waals surface area contributed by atoms with E-state index in [1.165, 1.54) is 0 Å². The average molecular weight is 377 g/mol. The summed E-state index contributed by atoms with van der Waals surface area (Å²) in [6, 6.07) is 19.4. The summed E-state index contributed by atoms with van der Waals surface area (Å²) in [4.78, 5) is 5.71. The molecule has 0 aliphatic rings. The molecule has 26 heavy (non-hydrogen) atoms. The highest BCUT2D eigenvalue weighted by atomic mass is 35.5. The summed E-state index contributed by atoms with van der Waals surface area (Å²) in [5.41, 5.74) is 4.64. The molecule has 2 aromatic carbocycles. The lowest BCUT2D eigenvalue weighted by Gasteiger charge is -2.06. The number of halogens is 1. The van der Waals surface area contributed by atoms with Crippen LogP contribution in [0.4, 0.5) is 0 Å². The van der Waals surface area contributed by atoms with E-state index >= 15 is 0 Å². The van der Waals surface area contributed by atoms with Gasteiger partial charge in [0.15, 0.2) is 0 Å². The van der Waals surface area contributed by atoms with Crippen LogP contribution in [0.3, 0.4) is 0 Å². The Bertz CT molecular complexity index is 1130. The van der Waals surface area contributed by atoms with E-state index < -0.39 is 0 Å². The molecule has 0 fully saturated rings. The third kappa shape index (κ3) is 2.82. The fraction of sp³-hybridized carbons (Fsp3) is 0.0476. The molecular formula is C21H13ClN2OS. The Kier molecular flexibility index (Phi) is 4.34. The number of nitrogens with zero attached hydrogens (tertiary/aromatic N) is 2. The zero-order valence-electron chi connectivity index (χ0n) is 13.9. The number of pyridine rings is 1. The Labute approximate surface area is 160 Å². The van der Waals surface area contributed by atoms with E-state index in [4.69, 9.17) is 21.6 Å². The predicted octanol–water partition coefficient (Wildman–Crippen LogP) is 6.16. The number of hydrogen-bond acceptors (Lipinski definition) is 4. The predicted molar refractivity (Wildman–Crippen MR) is 107 cm³/mol. The highest BCUT2D eigenvalue weighted by molar-refractivity contribution is 7.23. The van der Waals surface area contributed by atoms with E-state index in [1.54, 1.807) is 24.6 Å². The van der Waals surface area contributed by atoms with Crippen molar-refractivity contribution >= 4 is 33.2 Å². The van der Waals surface area contributed by atoms with Crippen LogP contribution in [-0.2, 0) is 0 Å². The Morgan fingerprint density at radius 3 is 2.35 bits per heavy atom. The van der Waals surface area contributed by atoms with Crippen LogP contribution in [-0.4, -0.2) is 12.1 Å². The first-order valence-corrected chi connectivity index (χ1v) is 9.12. The molecule has 0 N–H and O–H groups in total. The smallest absolute Gasteiger partial charge is 0.139 e. The van der Waals surface area contributed by atoms with Crippen LogP contribution < -0.4 is 4.74 Å². The van der Waals surface area contributed by atoms with Gasteiger partial charge in [0.25, 0.3) is 0 Å². The van der Waals surface area contributed by atoms with Crippen LogP contribution >= 0.6 is 22.9 Å². The van der Waals surface area contributed by atoms with Gasteiger partial charge in [-0.1, -0.05) is 35.9 Å². The summed E-state index contributed by atoms with van der Waals surface area (Å²) in [6.07, 6.45) is 1.76. The minimum Gasteiger partial charge on any atom is -0.495 e. The molecule has 0 aliphatic carbocycles. The topological polar surface area (TPSA) is 45.9 Å². The molecular weight excluding hydrogens is 364 g/mol. The maximum atomic E-state index is 9.07. The number of thiophene rings is 1. The van der Waals surface area contributed by atoms with Gasteiger partial charge in [0.05, 0.1) is 29.0 Å². The van der Waals surface area contributed by atoms with E-state index in [2.05, 4.69) is 11.1 Å². The monoisotopic (exact) mass is 376 g/mol. The maximum Gasteiger partial charge on any atom is 0.139 e. The summed E-state index contributed by atoms with van der Waals surface area (Å²) >= 11 is 7.70. The zero-order chi connectivity index (χ0) is 18.1. The van der Waals surface area contributed by atoms with Crippen molar-refractivity contribution in [3.8, 4) is 33.4 Å². The van der Waals surface area contributed by atoms with Gasteiger partial charge >= 0.3 is 0 Å². The lowest BCUT2D eigenvalue weighted by molar-refractivity contribution is 0.420. The van der Waals surface area contributed by atoms with Gasteiger partial charge in [-0.05, 0) is 41.5 Å². The number of ether oxygens (including phenoxy) is 1. The SMILES string of the molecule is COc1ccnc2c(-c3ccc(C#N)cc3)c(-c3ccc(Cl)cc3)sc12. The molecule has 0 spiro atoms. The van der Waals surface area contributed by atoms with Crippen LogP contribution in [0.25, 0.3) is 31.8 Å². The van der Waals surface area contributed by atoms with Gasteiger partial charge in [-0.15, -0.1) is 11.3 Å². The number of benzene rings is 2. The second kappa shape index (κ2) is 6.80. The normalized spacial score (nSPS) is 10.7. The van der Waals surface area contributed by atoms with Crippen molar-refractivity contribution in [1.29, 1.82) is 5.26 Å². The molecule has 4 rings (SSSR count). The van der Waals surface area contributed by atoms with Gasteiger partial charge in [0.2, 0.25) is 0 Å². The van der Waals surface area contributed by atoms with E-state index in [0.29, 0.717) is 10.6 Å². The third-order valence-corrected chi connectivity index (χ3v) is 5.66. The van der Waals surface area contributed by atoms with Crippen molar-refractivity contribution in [2.24, 2.45) is 0 Å². The van der Waals surface area contributed by atoms with Crippen LogP contribution in [0.2, 0.25) is 5.02 Å². The molecule has 0 atom stereocenters. The van der Waals surface area contributed by atoms with Crippen LogP contribution in [0, 0.1) is 11.3 Å². The number of nitriles is 1. The van der Waals surface area contributed by atoms with E-state index in [9.17, 15) is 0 Å². The molecule has 0 amide bonds. The number of aromatic nitrogens is 1. The standard InChI is InChI=1S/C21H13ClN2OS/c1-25-17-10-11-24-19-18(14-4-2-13(12-23)3-5-14)20(26-21(17)19)15-6-8-16(22)9-7-15/h2-11H,1H3. The van der Waals surface area contributed by atoms with Crippen molar-refractivity contribution in [2.75, 3.05) is 7.11 Å². The van der Waals surface area contributed by atoms with Crippen molar-refractivity contribution in [3.05, 3.63) is 71.4 Å². The van der Waals surface area contributed by atoms with Crippen LogP contribution in [0.5, 0.6) is 5.75 Å². The minimum absolute atomic E-state index is 0.631. The van der Waals surface area contributed by atoms with Crippen LogP contribution in [0.15, 0.2) is 60.8 Å². The first-order valence-electron chi connectivity index (χ1n) is 7.93. The number of rotatable bonds is 3. The fourth-order valence-electron chi connectivity index (χ4n) is 2.91. The Balaban J connectivity index is 2.03. The highest BCUT2D eigenvalue weighted by Crippen LogP contribution is 2.46. The second-order valence-electron chi connectivity index (χ2n) is 5.69. The van der Waals surface area contributed by atoms with Crippen molar-refractivity contribution in [3.63, 3.8) is 0 Å². The van der Waals surface area contributed by atoms with Gasteiger partial charge in [-0.3, -0.25) is 4.98 Å². The van der Waals surface area contributed by atoms with Gasteiger partial charge in [-0.25, -0.2) is 0 Å². The van der Waals surface area contributed by atoms with E-state index in [0.717, 1.165) is 37.5 Å². The average Bonchev–Trinajstić information content (AvgIpc) is 3.08. The molecule has 4 aromatic rings. The fourth-order valence-corrected chi connectivity index (χ4v) is 4.32. The molecule has 0 radical (unpaired) electrons. The van der Waals surface area contributed by atoms with Gasteiger partial charge in [-0.2, -0.15) is 5.26 Å². The molecule has 126 valence electrons. The maximum absolute atomic E-state index is 9.07. The van der Waals surface area contributed by atoms with Crippen molar-refractivity contribution < 1.29 is 4.74 Å². The molecule has 0 unspecified atom stereocenters. The van der Waals surface area contributed by atoms with E-state index in [1.807, 2.05) is 54.6 Å². The van der Waals surface area contributed by atoms with Crippen molar-refractivity contribution in [1.82, 2.24) is 4.98 Å². The summed E-state index contributed by atoms with van der Waals surface area (Å²) < 4.78 is 6.53. The summed E-state index contributed by atoms with van der Waals surface area (Å²) in [6.45, 7) is 0. The third-order valence-electron chi connectivity index (χ3n) is 4.17. The largest absolute Gasteiger partial charge is 0.495 e. The molecule has 3 nitrogen and oxygen atoms in total. The summed E-state index contributed by atoms with van der Waals surface area (Å²) in [5.74, 6) is 0.801. The molecule has 2 aromatic heterocycles. The molecule has 5 heteroatoms. The Hall–Kier alpha value is -2.87. The zero-order valence-corrected chi connectivity index (χ0v) is 15.4. The first-order chi connectivity index (χ1) is 12.7. The minimum atomic E-state index is 0.631. The lowest BCUT2D eigenvalue weighted by atomic mass is 10.00. The van der Waals surface area contributed by atoms with Gasteiger partial charge < -0.3 is 4.74 Å². The van der Waals surface area contributed by atoms with Gasteiger partial charge in [0.1, 0.15) is 5.75 Å². The molecule has 0 saturated carbocycles. The quantitative estimate of drug-likeness (QED) is 0.430. The highest BCUT2D eigenvalue weighted by Gasteiger charge is 2.19. The number of methoxy groups -OCH3 is 1. The van der Waals surface area contributed by atoms with E-state index in [-0.39, 0.29) is 0 Å². The Morgan fingerprint density at radius 2 is 1.69 bits per heavy atom. The summed E-state index contributed by atoms with van der Waals surface area (Å²) in [5, 5.41) is 9.77. The molecule has 0 saturated heterocycles. The van der Waals surface area contributed by atoms with Crippen molar-refractivity contribution in [2.45, 2.75) is 0 Å². The summed E-state index contributed by atoms with van der Waals surface area (Å²) in [7, 11) is 1.66. The Morgan fingerprint density at radius 1 is 1.00 bits per heavy atom. The first kappa shape index (κ1) is 16.6.